The van der Waals surface area contributed by atoms with Crippen molar-refractivity contribution in [3.05, 3.63) is 75.3 Å². The first-order valence-corrected chi connectivity index (χ1v) is 8.60. The molecule has 0 radical (unpaired) electrons. The minimum absolute atomic E-state index is 0.492. The van der Waals surface area contributed by atoms with Crippen molar-refractivity contribution in [3.8, 4) is 0 Å². The predicted octanol–water partition coefficient (Wildman–Crippen LogP) is 6.34. The Morgan fingerprint density at radius 1 is 1.05 bits per heavy atom. The number of hydrogen-bond acceptors (Lipinski definition) is 0. The standard InChI is InChI=1S/C20H21Br/c1-3-4-8-15-9-5-6-10-17(15)18-13-14(2)16-11-7-12-19(21)20(16)18/h5-7,9-14H,3-4,8H2,1-2H3. The van der Waals surface area contributed by atoms with Gasteiger partial charge in [0.05, 0.1) is 0 Å². The maximum atomic E-state index is 3.75. The average Bonchev–Trinajstić information content (AvgIpc) is 2.84. The highest BCUT2D eigenvalue weighted by Gasteiger charge is 2.24. The molecule has 1 heteroatoms. The molecule has 0 aromatic heterocycles. The fourth-order valence-corrected chi connectivity index (χ4v) is 3.82. The van der Waals surface area contributed by atoms with Gasteiger partial charge in [-0.1, -0.05) is 78.7 Å². The molecule has 0 bridgehead atoms. The lowest BCUT2D eigenvalue weighted by molar-refractivity contribution is 0.794. The number of fused-ring (bicyclic) bond motifs is 1. The van der Waals surface area contributed by atoms with E-state index in [4.69, 9.17) is 0 Å². The van der Waals surface area contributed by atoms with E-state index in [-0.39, 0.29) is 0 Å². The molecule has 108 valence electrons. The van der Waals surface area contributed by atoms with Gasteiger partial charge < -0.3 is 0 Å². The first-order chi connectivity index (χ1) is 10.2. The lowest BCUT2D eigenvalue weighted by Crippen LogP contribution is -1.95. The van der Waals surface area contributed by atoms with Crippen LogP contribution in [0.4, 0.5) is 0 Å². The number of allylic oxidation sites excluding steroid dienone is 1. The summed E-state index contributed by atoms with van der Waals surface area (Å²) in [6.07, 6.45) is 6.07. The minimum atomic E-state index is 0.492. The van der Waals surface area contributed by atoms with Crippen LogP contribution < -0.4 is 0 Å². The van der Waals surface area contributed by atoms with Gasteiger partial charge >= 0.3 is 0 Å². The van der Waals surface area contributed by atoms with Gasteiger partial charge in [-0.05, 0) is 46.7 Å². The number of unbranched alkanes of at least 4 members (excludes halogenated alkanes) is 1. The third-order valence-corrected chi connectivity index (χ3v) is 4.99. The van der Waals surface area contributed by atoms with Crippen LogP contribution in [-0.2, 0) is 6.42 Å². The molecular weight excluding hydrogens is 320 g/mol. The number of rotatable bonds is 4. The molecule has 0 nitrogen and oxygen atoms in total. The number of benzene rings is 2. The van der Waals surface area contributed by atoms with Crippen LogP contribution in [0.15, 0.2) is 53.0 Å². The van der Waals surface area contributed by atoms with Crippen molar-refractivity contribution in [1.29, 1.82) is 0 Å². The summed E-state index contributed by atoms with van der Waals surface area (Å²) in [5, 5.41) is 0. The van der Waals surface area contributed by atoms with Gasteiger partial charge in [-0.15, -0.1) is 0 Å². The van der Waals surface area contributed by atoms with Crippen LogP contribution in [0.2, 0.25) is 0 Å². The fourth-order valence-electron chi connectivity index (χ4n) is 3.22. The van der Waals surface area contributed by atoms with E-state index in [1.54, 1.807) is 0 Å². The fraction of sp³-hybridized carbons (Fsp3) is 0.300. The Labute approximate surface area is 136 Å². The highest BCUT2D eigenvalue weighted by molar-refractivity contribution is 9.10. The maximum absolute atomic E-state index is 3.75. The third-order valence-electron chi connectivity index (χ3n) is 4.33. The summed E-state index contributed by atoms with van der Waals surface area (Å²) in [5.74, 6) is 0.492. The van der Waals surface area contributed by atoms with Crippen molar-refractivity contribution in [3.63, 3.8) is 0 Å². The van der Waals surface area contributed by atoms with Crippen molar-refractivity contribution in [2.75, 3.05) is 0 Å². The molecule has 0 spiro atoms. The topological polar surface area (TPSA) is 0 Å². The molecule has 3 rings (SSSR count). The molecule has 0 heterocycles. The summed E-state index contributed by atoms with van der Waals surface area (Å²) < 4.78 is 1.21. The Hall–Kier alpha value is -1.34. The maximum Gasteiger partial charge on any atom is 0.0256 e. The molecule has 0 fully saturated rings. The molecule has 2 aromatic carbocycles. The van der Waals surface area contributed by atoms with Crippen molar-refractivity contribution in [1.82, 2.24) is 0 Å². The molecular formula is C20H21Br. The van der Waals surface area contributed by atoms with Gasteiger partial charge in [-0.25, -0.2) is 0 Å². The third kappa shape index (κ3) is 2.72. The summed E-state index contributed by atoms with van der Waals surface area (Å²) in [7, 11) is 0. The van der Waals surface area contributed by atoms with E-state index in [0.29, 0.717) is 5.92 Å². The van der Waals surface area contributed by atoms with Gasteiger partial charge in [0.1, 0.15) is 0 Å². The summed E-state index contributed by atoms with van der Waals surface area (Å²) in [5.41, 5.74) is 7.10. The molecule has 21 heavy (non-hydrogen) atoms. The monoisotopic (exact) mass is 340 g/mol. The lowest BCUT2D eigenvalue weighted by Gasteiger charge is -2.13. The summed E-state index contributed by atoms with van der Waals surface area (Å²) in [6.45, 7) is 4.54. The van der Waals surface area contributed by atoms with Crippen LogP contribution in [-0.4, -0.2) is 0 Å². The van der Waals surface area contributed by atoms with Crippen LogP contribution in [0.25, 0.3) is 5.57 Å². The summed E-state index contributed by atoms with van der Waals surface area (Å²) in [6, 6.07) is 15.4. The van der Waals surface area contributed by atoms with Crippen molar-refractivity contribution in [2.24, 2.45) is 0 Å². The molecule has 1 aliphatic carbocycles. The summed E-state index contributed by atoms with van der Waals surface area (Å²) in [4.78, 5) is 0. The molecule has 2 aromatic rings. The Morgan fingerprint density at radius 3 is 2.67 bits per heavy atom. The highest BCUT2D eigenvalue weighted by Crippen LogP contribution is 2.43. The second-order valence-corrected chi connectivity index (χ2v) is 6.69. The number of halogens is 1. The zero-order valence-electron chi connectivity index (χ0n) is 12.7. The number of hydrogen-bond donors (Lipinski definition) is 0. The molecule has 1 unspecified atom stereocenters. The highest BCUT2D eigenvalue weighted by atomic mass is 79.9. The first kappa shape index (κ1) is 14.6. The van der Waals surface area contributed by atoms with Crippen LogP contribution >= 0.6 is 15.9 Å². The van der Waals surface area contributed by atoms with Crippen molar-refractivity contribution >= 4 is 21.5 Å². The lowest BCUT2D eigenvalue weighted by atomic mass is 9.93. The molecule has 0 saturated heterocycles. The van der Waals surface area contributed by atoms with Crippen LogP contribution in [0, 0.1) is 0 Å². The zero-order chi connectivity index (χ0) is 14.8. The summed E-state index contributed by atoms with van der Waals surface area (Å²) >= 11 is 3.75. The Morgan fingerprint density at radius 2 is 1.86 bits per heavy atom. The average molecular weight is 341 g/mol. The van der Waals surface area contributed by atoms with E-state index in [2.05, 4.69) is 78.3 Å². The van der Waals surface area contributed by atoms with Gasteiger partial charge in [0.15, 0.2) is 0 Å². The van der Waals surface area contributed by atoms with E-state index >= 15 is 0 Å². The van der Waals surface area contributed by atoms with E-state index in [1.165, 1.54) is 45.1 Å². The van der Waals surface area contributed by atoms with Crippen molar-refractivity contribution in [2.45, 2.75) is 39.0 Å². The van der Waals surface area contributed by atoms with Crippen LogP contribution in [0.5, 0.6) is 0 Å². The van der Waals surface area contributed by atoms with E-state index < -0.39 is 0 Å². The molecule has 1 aliphatic rings. The normalized spacial score (nSPS) is 16.7. The van der Waals surface area contributed by atoms with Crippen molar-refractivity contribution < 1.29 is 0 Å². The van der Waals surface area contributed by atoms with Crippen LogP contribution in [0.3, 0.4) is 0 Å². The van der Waals surface area contributed by atoms with Gasteiger partial charge in [0.25, 0.3) is 0 Å². The largest absolute Gasteiger partial charge is 0.0687 e. The van der Waals surface area contributed by atoms with Gasteiger partial charge in [-0.3, -0.25) is 0 Å². The molecule has 0 saturated carbocycles. The molecule has 0 amide bonds. The van der Waals surface area contributed by atoms with E-state index in [1.807, 2.05) is 0 Å². The quantitative estimate of drug-likeness (QED) is 0.609. The smallest absolute Gasteiger partial charge is 0.0256 e. The Kier molecular flexibility index (Phi) is 4.30. The molecule has 0 N–H and O–H groups in total. The van der Waals surface area contributed by atoms with Gasteiger partial charge in [0.2, 0.25) is 0 Å². The predicted molar refractivity (Wildman–Crippen MR) is 94.7 cm³/mol. The van der Waals surface area contributed by atoms with E-state index in [0.717, 1.165) is 6.42 Å². The Bertz CT molecular complexity index is 682. The SMILES string of the molecule is CCCCc1ccccc1C1=CC(C)c2cccc(Br)c21. The van der Waals surface area contributed by atoms with Gasteiger partial charge in [-0.2, -0.15) is 0 Å². The zero-order valence-corrected chi connectivity index (χ0v) is 14.3. The number of aryl methyl sites for hydroxylation is 1. The molecule has 1 atom stereocenters. The molecule has 0 aliphatic heterocycles. The van der Waals surface area contributed by atoms with E-state index in [9.17, 15) is 0 Å². The second kappa shape index (κ2) is 6.19. The first-order valence-electron chi connectivity index (χ1n) is 7.81. The minimum Gasteiger partial charge on any atom is -0.0687 e. The van der Waals surface area contributed by atoms with Crippen LogP contribution in [0.1, 0.15) is 54.9 Å². The Balaban J connectivity index is 2.09. The second-order valence-electron chi connectivity index (χ2n) is 5.83. The van der Waals surface area contributed by atoms with Gasteiger partial charge in [0, 0.05) is 10.4 Å².